The van der Waals surface area contributed by atoms with E-state index in [1.807, 2.05) is 13.8 Å². The number of carbonyl (C=O) groups excluding carboxylic acids is 4. The van der Waals surface area contributed by atoms with Gasteiger partial charge in [-0.2, -0.15) is 0 Å². The molecule has 1 aromatic carbocycles. The van der Waals surface area contributed by atoms with Crippen LogP contribution in [0.5, 0.6) is 0 Å². The van der Waals surface area contributed by atoms with Crippen molar-refractivity contribution in [2.45, 2.75) is 44.8 Å². The van der Waals surface area contributed by atoms with Gasteiger partial charge in [-0.05, 0) is 38.5 Å². The van der Waals surface area contributed by atoms with Gasteiger partial charge in [-0.15, -0.1) is 0 Å². The molecule has 1 fully saturated rings. The average molecular weight is 344 g/mol. The number of amides is 4. The molecule has 3 unspecified atom stereocenters. The summed E-state index contributed by atoms with van der Waals surface area (Å²) in [7, 11) is 0. The maximum Gasteiger partial charge on any atom is 0.262 e. The van der Waals surface area contributed by atoms with Gasteiger partial charge in [-0.1, -0.05) is 0 Å². The number of nitrogens with one attached hydrogen (secondary N) is 2. The van der Waals surface area contributed by atoms with Crippen LogP contribution in [0.3, 0.4) is 0 Å². The lowest BCUT2D eigenvalue weighted by Crippen LogP contribution is -2.54. The number of nitrogens with two attached hydrogens (primary N) is 1. The van der Waals surface area contributed by atoms with E-state index in [-0.39, 0.29) is 36.1 Å². The molecule has 0 aliphatic carbocycles. The molecule has 0 saturated carbocycles. The fourth-order valence-electron chi connectivity index (χ4n) is 2.96. The lowest BCUT2D eigenvalue weighted by atomic mass is 10.0. The van der Waals surface area contributed by atoms with Crippen LogP contribution < -0.4 is 16.4 Å². The molecule has 1 saturated heterocycles. The molecular weight excluding hydrogens is 324 g/mol. The summed E-state index contributed by atoms with van der Waals surface area (Å²) in [6.07, 6.45) is 0.242. The minimum absolute atomic E-state index is 0.0171. The highest BCUT2D eigenvalue weighted by molar-refractivity contribution is 6.23. The number of rotatable bonds is 4. The van der Waals surface area contributed by atoms with Crippen LogP contribution in [0, 0.1) is 0 Å². The van der Waals surface area contributed by atoms with Gasteiger partial charge >= 0.3 is 0 Å². The second-order valence-corrected chi connectivity index (χ2v) is 6.50. The number of hydrogen-bond acceptors (Lipinski definition) is 6. The fraction of sp³-hybridized carbons (Fsp3) is 0.412. The van der Waals surface area contributed by atoms with Crippen molar-refractivity contribution in [2.75, 3.05) is 5.32 Å². The molecule has 0 radical (unpaired) electrons. The molecule has 132 valence electrons. The van der Waals surface area contributed by atoms with Gasteiger partial charge < -0.3 is 11.1 Å². The van der Waals surface area contributed by atoms with Crippen LogP contribution in [0.2, 0.25) is 0 Å². The molecule has 25 heavy (non-hydrogen) atoms. The molecule has 2 aliphatic heterocycles. The molecule has 8 nitrogen and oxygen atoms in total. The van der Waals surface area contributed by atoms with Crippen molar-refractivity contribution in [1.82, 2.24) is 10.2 Å². The molecule has 0 aromatic heterocycles. The van der Waals surface area contributed by atoms with Gasteiger partial charge in [-0.3, -0.25) is 29.4 Å². The van der Waals surface area contributed by atoms with Gasteiger partial charge in [0.15, 0.2) is 0 Å². The number of anilines is 1. The monoisotopic (exact) mass is 344 g/mol. The van der Waals surface area contributed by atoms with Gasteiger partial charge in [0, 0.05) is 24.2 Å². The summed E-state index contributed by atoms with van der Waals surface area (Å²) in [5.41, 5.74) is 7.01. The normalized spacial score (nSPS) is 22.5. The molecule has 4 N–H and O–H groups in total. The van der Waals surface area contributed by atoms with E-state index in [9.17, 15) is 19.2 Å². The van der Waals surface area contributed by atoms with Crippen molar-refractivity contribution >= 4 is 29.3 Å². The van der Waals surface area contributed by atoms with Crippen molar-refractivity contribution in [1.29, 1.82) is 0 Å². The predicted molar refractivity (Wildman–Crippen MR) is 89.8 cm³/mol. The van der Waals surface area contributed by atoms with Crippen molar-refractivity contribution in [3.63, 3.8) is 0 Å². The summed E-state index contributed by atoms with van der Waals surface area (Å²) in [5, 5.41) is 5.36. The van der Waals surface area contributed by atoms with E-state index >= 15 is 0 Å². The summed E-state index contributed by atoms with van der Waals surface area (Å²) in [6.45, 7) is 3.78. The molecule has 8 heteroatoms. The van der Waals surface area contributed by atoms with Gasteiger partial charge in [0.1, 0.15) is 6.04 Å². The first-order chi connectivity index (χ1) is 11.8. The van der Waals surface area contributed by atoms with E-state index < -0.39 is 29.7 Å². The van der Waals surface area contributed by atoms with Gasteiger partial charge in [0.25, 0.3) is 11.8 Å². The first-order valence-corrected chi connectivity index (χ1v) is 8.17. The Morgan fingerprint density at radius 2 is 1.84 bits per heavy atom. The van der Waals surface area contributed by atoms with E-state index in [1.165, 1.54) is 0 Å². The Hall–Kier alpha value is -2.74. The Morgan fingerprint density at radius 1 is 1.16 bits per heavy atom. The Kier molecular flexibility index (Phi) is 4.30. The third kappa shape index (κ3) is 3.00. The average Bonchev–Trinajstić information content (AvgIpc) is 2.79. The van der Waals surface area contributed by atoms with E-state index in [0.717, 1.165) is 4.90 Å². The van der Waals surface area contributed by atoms with E-state index in [1.54, 1.807) is 18.2 Å². The minimum Gasteiger partial charge on any atom is -0.381 e. The van der Waals surface area contributed by atoms with Crippen LogP contribution >= 0.6 is 0 Å². The lowest BCUT2D eigenvalue weighted by Gasteiger charge is -2.27. The SMILES string of the molecule is CC(N)C(C)Nc1ccc2c(c1)C(=O)N(C1CCC(=O)NC1=O)C2=O. The summed E-state index contributed by atoms with van der Waals surface area (Å²) < 4.78 is 0. The number of carbonyl (C=O) groups is 4. The molecule has 0 bridgehead atoms. The smallest absolute Gasteiger partial charge is 0.262 e. The molecule has 2 heterocycles. The summed E-state index contributed by atoms with van der Waals surface area (Å²) in [6, 6.07) is 3.81. The van der Waals surface area contributed by atoms with Crippen LogP contribution in [0.25, 0.3) is 0 Å². The first kappa shape index (κ1) is 17.1. The highest BCUT2D eigenvalue weighted by Crippen LogP contribution is 2.29. The quantitative estimate of drug-likeness (QED) is 0.673. The maximum atomic E-state index is 12.7. The Balaban J connectivity index is 1.86. The van der Waals surface area contributed by atoms with Gasteiger partial charge in [-0.25, -0.2) is 0 Å². The van der Waals surface area contributed by atoms with E-state index in [2.05, 4.69) is 10.6 Å². The molecule has 0 spiro atoms. The zero-order valence-electron chi connectivity index (χ0n) is 14.0. The molecule has 3 rings (SSSR count). The highest BCUT2D eigenvalue weighted by atomic mass is 16.2. The van der Waals surface area contributed by atoms with E-state index in [4.69, 9.17) is 5.73 Å². The van der Waals surface area contributed by atoms with Crippen molar-refractivity contribution in [3.05, 3.63) is 29.3 Å². The largest absolute Gasteiger partial charge is 0.381 e. The number of benzene rings is 1. The van der Waals surface area contributed by atoms with Gasteiger partial charge in [0.05, 0.1) is 11.1 Å². The zero-order valence-corrected chi connectivity index (χ0v) is 14.0. The Morgan fingerprint density at radius 3 is 2.48 bits per heavy atom. The van der Waals surface area contributed by atoms with Crippen molar-refractivity contribution in [2.24, 2.45) is 5.73 Å². The maximum absolute atomic E-state index is 12.7. The molecule has 3 atom stereocenters. The van der Waals surface area contributed by atoms with Crippen molar-refractivity contribution in [3.8, 4) is 0 Å². The zero-order chi connectivity index (χ0) is 18.3. The Labute approximate surface area is 144 Å². The van der Waals surface area contributed by atoms with E-state index in [0.29, 0.717) is 5.69 Å². The highest BCUT2D eigenvalue weighted by Gasteiger charge is 2.44. The number of nitrogens with zero attached hydrogens (tertiary/aromatic N) is 1. The van der Waals surface area contributed by atoms with Gasteiger partial charge in [0.2, 0.25) is 11.8 Å². The van der Waals surface area contributed by atoms with Crippen molar-refractivity contribution < 1.29 is 19.2 Å². The second kappa shape index (κ2) is 6.29. The predicted octanol–water partition coefficient (Wildman–Crippen LogP) is 0.235. The van der Waals surface area contributed by atoms with Crippen LogP contribution in [0.15, 0.2) is 18.2 Å². The molecule has 1 aromatic rings. The minimum atomic E-state index is -0.954. The topological polar surface area (TPSA) is 122 Å². The third-order valence-corrected chi connectivity index (χ3v) is 4.62. The second-order valence-electron chi connectivity index (χ2n) is 6.50. The van der Waals surface area contributed by atoms with Crippen LogP contribution in [0.4, 0.5) is 5.69 Å². The number of fused-ring (bicyclic) bond motifs is 1. The standard InChI is InChI=1S/C17H20N4O4/c1-8(18)9(2)19-10-3-4-11-12(7-10)17(25)21(16(11)24)13-5-6-14(22)20-15(13)23/h3-4,7-9,13,19H,5-6,18H2,1-2H3,(H,20,22,23). The summed E-state index contributed by atoms with van der Waals surface area (Å²) >= 11 is 0. The Bertz CT molecular complexity index is 774. The number of hydrogen-bond donors (Lipinski definition) is 3. The van der Waals surface area contributed by atoms with Crippen LogP contribution in [0.1, 0.15) is 47.4 Å². The number of piperidine rings is 1. The number of imide groups is 2. The lowest BCUT2D eigenvalue weighted by molar-refractivity contribution is -0.136. The molecule has 4 amide bonds. The fourth-order valence-corrected chi connectivity index (χ4v) is 2.96. The molecular formula is C17H20N4O4. The molecule has 2 aliphatic rings. The first-order valence-electron chi connectivity index (χ1n) is 8.17. The summed E-state index contributed by atoms with van der Waals surface area (Å²) in [4.78, 5) is 49.5. The summed E-state index contributed by atoms with van der Waals surface area (Å²) in [5.74, 6) is -2.04. The van der Waals surface area contributed by atoms with Crippen LogP contribution in [-0.2, 0) is 9.59 Å². The van der Waals surface area contributed by atoms with Crippen LogP contribution in [-0.4, -0.2) is 46.7 Å². The third-order valence-electron chi connectivity index (χ3n) is 4.62.